The second-order valence-electron chi connectivity index (χ2n) is 5.86. The number of rotatable bonds is 3. The molecule has 1 aliphatic carbocycles. The van der Waals surface area contributed by atoms with Crippen LogP contribution in [0.2, 0.25) is 0 Å². The lowest BCUT2D eigenvalue weighted by atomic mass is 9.55. The van der Waals surface area contributed by atoms with Crippen LogP contribution in [0.3, 0.4) is 0 Å². The highest BCUT2D eigenvalue weighted by Crippen LogP contribution is 2.51. The van der Waals surface area contributed by atoms with Gasteiger partial charge in [0.2, 0.25) is 0 Å². The summed E-state index contributed by atoms with van der Waals surface area (Å²) >= 11 is 1.84. The standard InChI is InChI=1S/C14H21NOS/c1-14(2)12(11-6-3-7-16-13(11)14)15-9-10-5-4-8-17-10/h4-5,8,11-13,15H,3,6-7,9H2,1-2H3. The molecule has 0 spiro atoms. The van der Waals surface area contributed by atoms with E-state index in [1.807, 2.05) is 11.3 Å². The summed E-state index contributed by atoms with van der Waals surface area (Å²) in [6.07, 6.45) is 3.04. The fourth-order valence-electron chi connectivity index (χ4n) is 3.56. The second kappa shape index (κ2) is 4.38. The maximum Gasteiger partial charge on any atom is 0.0684 e. The Labute approximate surface area is 107 Å². The molecule has 2 aliphatic rings. The monoisotopic (exact) mass is 251 g/mol. The average molecular weight is 251 g/mol. The van der Waals surface area contributed by atoms with E-state index in [0.717, 1.165) is 19.1 Å². The summed E-state index contributed by atoms with van der Waals surface area (Å²) in [7, 11) is 0. The first-order valence-electron chi connectivity index (χ1n) is 6.57. The smallest absolute Gasteiger partial charge is 0.0684 e. The van der Waals surface area contributed by atoms with Crippen molar-refractivity contribution >= 4 is 11.3 Å². The van der Waals surface area contributed by atoms with Gasteiger partial charge in [-0.3, -0.25) is 0 Å². The molecule has 1 saturated carbocycles. The molecule has 2 nitrogen and oxygen atoms in total. The lowest BCUT2D eigenvalue weighted by molar-refractivity contribution is -0.192. The van der Waals surface area contributed by atoms with Crippen LogP contribution in [-0.2, 0) is 11.3 Å². The molecule has 0 radical (unpaired) electrons. The van der Waals surface area contributed by atoms with Crippen molar-refractivity contribution in [3.63, 3.8) is 0 Å². The zero-order valence-corrected chi connectivity index (χ0v) is 11.4. The third-order valence-electron chi connectivity index (χ3n) is 4.41. The van der Waals surface area contributed by atoms with E-state index in [2.05, 4.69) is 36.7 Å². The highest BCUT2D eigenvalue weighted by atomic mass is 32.1. The van der Waals surface area contributed by atoms with Gasteiger partial charge in [-0.2, -0.15) is 0 Å². The van der Waals surface area contributed by atoms with Gasteiger partial charge in [0.25, 0.3) is 0 Å². The molecule has 0 aromatic carbocycles. The van der Waals surface area contributed by atoms with E-state index in [4.69, 9.17) is 4.74 Å². The van der Waals surface area contributed by atoms with Crippen LogP contribution in [0.15, 0.2) is 17.5 Å². The van der Waals surface area contributed by atoms with Crippen LogP contribution in [-0.4, -0.2) is 18.8 Å². The predicted octanol–water partition coefficient (Wildman–Crippen LogP) is 3.04. The molecular weight excluding hydrogens is 230 g/mol. The molecule has 3 atom stereocenters. The van der Waals surface area contributed by atoms with Gasteiger partial charge >= 0.3 is 0 Å². The van der Waals surface area contributed by atoms with Gasteiger partial charge in [0.1, 0.15) is 0 Å². The van der Waals surface area contributed by atoms with Crippen LogP contribution >= 0.6 is 11.3 Å². The summed E-state index contributed by atoms with van der Waals surface area (Å²) in [5, 5.41) is 5.89. The zero-order chi connectivity index (χ0) is 11.9. The fraction of sp³-hybridized carbons (Fsp3) is 0.714. The molecule has 2 fully saturated rings. The quantitative estimate of drug-likeness (QED) is 0.891. The van der Waals surface area contributed by atoms with E-state index in [-0.39, 0.29) is 0 Å². The molecule has 1 aromatic rings. The van der Waals surface area contributed by atoms with Gasteiger partial charge in [-0.25, -0.2) is 0 Å². The topological polar surface area (TPSA) is 21.3 Å². The van der Waals surface area contributed by atoms with Crippen molar-refractivity contribution in [3.8, 4) is 0 Å². The molecule has 2 heterocycles. The van der Waals surface area contributed by atoms with Gasteiger partial charge in [0.05, 0.1) is 6.10 Å². The molecule has 1 saturated heterocycles. The van der Waals surface area contributed by atoms with E-state index >= 15 is 0 Å². The van der Waals surface area contributed by atoms with Crippen molar-refractivity contribution in [2.75, 3.05) is 6.61 Å². The first-order chi connectivity index (χ1) is 8.19. The van der Waals surface area contributed by atoms with Crippen molar-refractivity contribution in [2.45, 2.75) is 45.4 Å². The van der Waals surface area contributed by atoms with Crippen LogP contribution in [0.25, 0.3) is 0 Å². The Bertz CT molecular complexity index is 374. The number of hydrogen-bond acceptors (Lipinski definition) is 3. The Morgan fingerprint density at radius 2 is 2.41 bits per heavy atom. The molecule has 1 aliphatic heterocycles. The molecule has 0 bridgehead atoms. The van der Waals surface area contributed by atoms with E-state index < -0.39 is 0 Å². The van der Waals surface area contributed by atoms with Gasteiger partial charge in [-0.1, -0.05) is 19.9 Å². The number of hydrogen-bond donors (Lipinski definition) is 1. The number of nitrogens with one attached hydrogen (secondary N) is 1. The zero-order valence-electron chi connectivity index (χ0n) is 10.6. The summed E-state index contributed by atoms with van der Waals surface area (Å²) in [5.41, 5.74) is 0.294. The minimum absolute atomic E-state index is 0.294. The molecule has 1 aromatic heterocycles. The Hall–Kier alpha value is -0.380. The maximum atomic E-state index is 5.92. The van der Waals surface area contributed by atoms with E-state index in [9.17, 15) is 0 Å². The average Bonchev–Trinajstić information content (AvgIpc) is 2.82. The SMILES string of the molecule is CC1(C)C(NCc2cccs2)C2CCCOC21. The van der Waals surface area contributed by atoms with Gasteiger partial charge in [-0.15, -0.1) is 11.3 Å². The van der Waals surface area contributed by atoms with Gasteiger partial charge < -0.3 is 10.1 Å². The van der Waals surface area contributed by atoms with Crippen LogP contribution in [0.4, 0.5) is 0 Å². The van der Waals surface area contributed by atoms with Crippen LogP contribution in [0.1, 0.15) is 31.6 Å². The molecule has 3 rings (SSSR count). The Morgan fingerprint density at radius 1 is 1.53 bits per heavy atom. The molecule has 17 heavy (non-hydrogen) atoms. The van der Waals surface area contributed by atoms with Crippen LogP contribution in [0.5, 0.6) is 0 Å². The van der Waals surface area contributed by atoms with Crippen molar-refractivity contribution < 1.29 is 4.74 Å². The van der Waals surface area contributed by atoms with E-state index in [1.54, 1.807) is 0 Å². The van der Waals surface area contributed by atoms with Crippen molar-refractivity contribution in [1.29, 1.82) is 0 Å². The van der Waals surface area contributed by atoms with Crippen LogP contribution < -0.4 is 5.32 Å². The maximum absolute atomic E-state index is 5.92. The summed E-state index contributed by atoms with van der Waals surface area (Å²) < 4.78 is 5.92. The van der Waals surface area contributed by atoms with Crippen molar-refractivity contribution in [2.24, 2.45) is 11.3 Å². The first kappa shape index (κ1) is 11.7. The van der Waals surface area contributed by atoms with Crippen LogP contribution in [0, 0.1) is 11.3 Å². The molecular formula is C14H21NOS. The molecule has 1 N–H and O–H groups in total. The molecule has 3 heteroatoms. The minimum Gasteiger partial charge on any atom is -0.377 e. The predicted molar refractivity (Wildman–Crippen MR) is 71.2 cm³/mol. The number of fused-ring (bicyclic) bond motifs is 1. The summed E-state index contributed by atoms with van der Waals surface area (Å²) in [6, 6.07) is 4.95. The minimum atomic E-state index is 0.294. The Balaban J connectivity index is 1.62. The highest BCUT2D eigenvalue weighted by molar-refractivity contribution is 7.09. The summed E-state index contributed by atoms with van der Waals surface area (Å²) in [6.45, 7) is 6.65. The Kier molecular flexibility index (Phi) is 3.01. The van der Waals surface area contributed by atoms with Gasteiger partial charge in [-0.05, 0) is 24.3 Å². The third-order valence-corrected chi connectivity index (χ3v) is 5.28. The number of thiophene rings is 1. The summed E-state index contributed by atoms with van der Waals surface area (Å²) in [4.78, 5) is 1.43. The third kappa shape index (κ3) is 1.94. The van der Waals surface area contributed by atoms with Gasteiger partial charge in [0, 0.05) is 35.4 Å². The largest absolute Gasteiger partial charge is 0.377 e. The normalized spacial score (nSPS) is 35.1. The highest BCUT2D eigenvalue weighted by Gasteiger charge is 2.57. The second-order valence-corrected chi connectivity index (χ2v) is 6.89. The summed E-state index contributed by atoms with van der Waals surface area (Å²) in [5.74, 6) is 0.735. The van der Waals surface area contributed by atoms with Crippen molar-refractivity contribution in [1.82, 2.24) is 5.32 Å². The first-order valence-corrected chi connectivity index (χ1v) is 7.45. The van der Waals surface area contributed by atoms with Gasteiger partial charge in [0.15, 0.2) is 0 Å². The van der Waals surface area contributed by atoms with E-state index in [1.165, 1.54) is 17.7 Å². The molecule has 3 unspecified atom stereocenters. The lowest BCUT2D eigenvalue weighted by Crippen LogP contribution is -2.69. The molecule has 0 amide bonds. The Morgan fingerprint density at radius 3 is 3.18 bits per heavy atom. The lowest BCUT2D eigenvalue weighted by Gasteiger charge is -2.60. The fourth-order valence-corrected chi connectivity index (χ4v) is 4.22. The van der Waals surface area contributed by atoms with Crippen molar-refractivity contribution in [3.05, 3.63) is 22.4 Å². The molecule has 94 valence electrons. The number of ether oxygens (including phenoxy) is 1. The van der Waals surface area contributed by atoms with E-state index in [0.29, 0.717) is 17.6 Å².